The van der Waals surface area contributed by atoms with Crippen LogP contribution >= 0.6 is 0 Å². The predicted molar refractivity (Wildman–Crippen MR) is 118 cm³/mol. The number of aryl methyl sites for hydroxylation is 1. The number of carbonyl (C=O) groups is 2. The van der Waals surface area contributed by atoms with Crippen LogP contribution in [0.15, 0.2) is 66.7 Å². The van der Waals surface area contributed by atoms with E-state index < -0.39 is 5.92 Å². The summed E-state index contributed by atoms with van der Waals surface area (Å²) in [5.41, 5.74) is 3.46. The molecule has 1 N–H and O–H groups in total. The maximum Gasteiger partial charge on any atom is 0.229 e. The molecule has 0 unspecified atom stereocenters. The third kappa shape index (κ3) is 4.58. The number of carbonyl (C=O) groups excluding carboxylic acids is 2. The lowest BCUT2D eigenvalue weighted by molar-refractivity contribution is -0.122. The minimum absolute atomic E-state index is 0.122. The van der Waals surface area contributed by atoms with Gasteiger partial charge in [-0.2, -0.15) is 0 Å². The minimum atomic E-state index is -0.469. The van der Waals surface area contributed by atoms with Gasteiger partial charge < -0.3 is 15.0 Å². The number of ether oxygens (including phenoxy) is 1. The lowest BCUT2D eigenvalue weighted by Crippen LogP contribution is -2.28. The van der Waals surface area contributed by atoms with Crippen LogP contribution in [0.25, 0.3) is 0 Å². The highest BCUT2D eigenvalue weighted by Crippen LogP contribution is 2.29. The van der Waals surface area contributed by atoms with Gasteiger partial charge in [-0.15, -0.1) is 0 Å². The molecule has 0 radical (unpaired) electrons. The molecule has 3 aromatic rings. The first-order chi connectivity index (χ1) is 14.9. The number of hydrogen-bond donors (Lipinski definition) is 1. The molecule has 1 fully saturated rings. The molecule has 5 nitrogen and oxygen atoms in total. The Labute approximate surface area is 180 Å². The van der Waals surface area contributed by atoms with Crippen LogP contribution in [0.3, 0.4) is 0 Å². The van der Waals surface area contributed by atoms with Crippen molar-refractivity contribution in [1.29, 1.82) is 0 Å². The van der Waals surface area contributed by atoms with Gasteiger partial charge in [-0.3, -0.25) is 9.59 Å². The van der Waals surface area contributed by atoms with Crippen molar-refractivity contribution in [2.75, 3.05) is 16.8 Å². The summed E-state index contributed by atoms with van der Waals surface area (Å²) in [5.74, 6) is 0.260. The Morgan fingerprint density at radius 2 is 1.74 bits per heavy atom. The first kappa shape index (κ1) is 20.6. The maximum absolute atomic E-state index is 13.1. The average Bonchev–Trinajstić information content (AvgIpc) is 3.15. The molecule has 2 amide bonds. The van der Waals surface area contributed by atoms with Crippen molar-refractivity contribution in [1.82, 2.24) is 0 Å². The molecule has 1 aliphatic heterocycles. The zero-order valence-corrected chi connectivity index (χ0v) is 17.4. The summed E-state index contributed by atoms with van der Waals surface area (Å²) in [6, 6.07) is 18.7. The fraction of sp³-hybridized carbons (Fsp3) is 0.200. The summed E-state index contributed by atoms with van der Waals surface area (Å²) >= 11 is 0. The number of rotatable bonds is 5. The standard InChI is InChI=1S/C25H23FN2O3/c1-16-4-3-5-23(17(16)2)31-22-12-8-20(9-13-22)27-25(30)18-14-24(29)28(15-18)21-10-6-19(26)7-11-21/h3-13,18H,14-15H2,1-2H3,(H,27,30)/t18-/m0/s1. The van der Waals surface area contributed by atoms with Crippen LogP contribution in [0.5, 0.6) is 11.5 Å². The number of halogens is 1. The van der Waals surface area contributed by atoms with Gasteiger partial charge in [0.05, 0.1) is 5.92 Å². The highest BCUT2D eigenvalue weighted by molar-refractivity contribution is 6.03. The SMILES string of the molecule is Cc1cccc(Oc2ccc(NC(=O)[C@H]3CC(=O)N(c4ccc(F)cc4)C3)cc2)c1C. The molecule has 31 heavy (non-hydrogen) atoms. The fourth-order valence-corrected chi connectivity index (χ4v) is 3.57. The first-order valence-electron chi connectivity index (χ1n) is 10.1. The van der Waals surface area contributed by atoms with Gasteiger partial charge in [0.25, 0.3) is 0 Å². The largest absolute Gasteiger partial charge is 0.457 e. The number of nitrogens with one attached hydrogen (secondary N) is 1. The molecule has 1 saturated heterocycles. The summed E-state index contributed by atoms with van der Waals surface area (Å²) < 4.78 is 19.1. The van der Waals surface area contributed by atoms with Crippen molar-refractivity contribution in [3.8, 4) is 11.5 Å². The van der Waals surface area contributed by atoms with E-state index in [0.29, 0.717) is 17.1 Å². The van der Waals surface area contributed by atoms with Crippen molar-refractivity contribution in [2.45, 2.75) is 20.3 Å². The third-order valence-electron chi connectivity index (χ3n) is 5.54. The first-order valence-corrected chi connectivity index (χ1v) is 10.1. The molecule has 3 aromatic carbocycles. The molecule has 1 heterocycles. The topological polar surface area (TPSA) is 58.6 Å². The van der Waals surface area contributed by atoms with Crippen molar-refractivity contribution in [3.05, 3.63) is 83.7 Å². The Hall–Kier alpha value is -3.67. The van der Waals surface area contributed by atoms with E-state index in [9.17, 15) is 14.0 Å². The molecule has 4 rings (SSSR count). The van der Waals surface area contributed by atoms with Crippen LogP contribution in [-0.4, -0.2) is 18.4 Å². The third-order valence-corrected chi connectivity index (χ3v) is 5.54. The summed E-state index contributed by atoms with van der Waals surface area (Å²) in [4.78, 5) is 26.5. The smallest absolute Gasteiger partial charge is 0.229 e. The molecular weight excluding hydrogens is 395 g/mol. The van der Waals surface area contributed by atoms with Gasteiger partial charge in [0.15, 0.2) is 0 Å². The summed E-state index contributed by atoms with van der Waals surface area (Å²) in [7, 11) is 0. The Morgan fingerprint density at radius 3 is 2.45 bits per heavy atom. The zero-order valence-electron chi connectivity index (χ0n) is 17.4. The highest BCUT2D eigenvalue weighted by Gasteiger charge is 2.35. The van der Waals surface area contributed by atoms with Crippen LogP contribution in [0.4, 0.5) is 15.8 Å². The van der Waals surface area contributed by atoms with Crippen molar-refractivity contribution < 1.29 is 18.7 Å². The summed E-state index contributed by atoms with van der Waals surface area (Å²) in [6.45, 7) is 4.31. The lowest BCUT2D eigenvalue weighted by Gasteiger charge is -2.16. The monoisotopic (exact) mass is 418 g/mol. The molecule has 158 valence electrons. The summed E-state index contributed by atoms with van der Waals surface area (Å²) in [6.07, 6.45) is 0.122. The normalized spacial score (nSPS) is 15.8. The lowest BCUT2D eigenvalue weighted by atomic mass is 10.1. The second-order valence-electron chi connectivity index (χ2n) is 7.70. The molecule has 1 aliphatic rings. The van der Waals surface area contributed by atoms with Crippen molar-refractivity contribution in [3.63, 3.8) is 0 Å². The van der Waals surface area contributed by atoms with Crippen LogP contribution in [0.1, 0.15) is 17.5 Å². The summed E-state index contributed by atoms with van der Waals surface area (Å²) in [5, 5.41) is 2.86. The molecule has 1 atom stereocenters. The van der Waals surface area contributed by atoms with Gasteiger partial charge >= 0.3 is 0 Å². The number of amides is 2. The Kier molecular flexibility index (Phi) is 5.71. The van der Waals surface area contributed by atoms with E-state index in [1.165, 1.54) is 17.0 Å². The minimum Gasteiger partial charge on any atom is -0.457 e. The molecule has 0 spiro atoms. The van der Waals surface area contributed by atoms with Crippen LogP contribution in [-0.2, 0) is 9.59 Å². The van der Waals surface area contributed by atoms with E-state index >= 15 is 0 Å². The van der Waals surface area contributed by atoms with Gasteiger partial charge in [0.1, 0.15) is 17.3 Å². The molecule has 0 aliphatic carbocycles. The number of anilines is 2. The molecule has 0 saturated carbocycles. The van der Waals surface area contributed by atoms with Gasteiger partial charge in [-0.25, -0.2) is 4.39 Å². The van der Waals surface area contributed by atoms with E-state index in [4.69, 9.17) is 4.74 Å². The number of hydrogen-bond acceptors (Lipinski definition) is 3. The average molecular weight is 418 g/mol. The Balaban J connectivity index is 1.38. The molecule has 0 aromatic heterocycles. The second kappa shape index (κ2) is 8.60. The van der Waals surface area contributed by atoms with E-state index in [1.54, 1.807) is 36.4 Å². The van der Waals surface area contributed by atoms with E-state index in [1.807, 2.05) is 32.0 Å². The van der Waals surface area contributed by atoms with Gasteiger partial charge in [0.2, 0.25) is 11.8 Å². The zero-order chi connectivity index (χ0) is 22.0. The quantitative estimate of drug-likeness (QED) is 0.618. The Bertz CT molecular complexity index is 1110. The van der Waals surface area contributed by atoms with Gasteiger partial charge in [-0.1, -0.05) is 12.1 Å². The van der Waals surface area contributed by atoms with Gasteiger partial charge in [-0.05, 0) is 79.6 Å². The second-order valence-corrected chi connectivity index (χ2v) is 7.70. The predicted octanol–water partition coefficient (Wildman–Crippen LogP) is 5.23. The molecule has 6 heteroatoms. The van der Waals surface area contributed by atoms with Crippen molar-refractivity contribution >= 4 is 23.2 Å². The molecular formula is C25H23FN2O3. The van der Waals surface area contributed by atoms with Crippen LogP contribution < -0.4 is 15.0 Å². The van der Waals surface area contributed by atoms with Crippen molar-refractivity contribution in [2.24, 2.45) is 5.92 Å². The number of nitrogens with zero attached hydrogens (tertiary/aromatic N) is 1. The van der Waals surface area contributed by atoms with Gasteiger partial charge in [0, 0.05) is 24.3 Å². The van der Waals surface area contributed by atoms with Crippen LogP contribution in [0, 0.1) is 25.6 Å². The van der Waals surface area contributed by atoms with E-state index in [0.717, 1.165) is 16.9 Å². The maximum atomic E-state index is 13.1. The highest BCUT2D eigenvalue weighted by atomic mass is 19.1. The fourth-order valence-electron chi connectivity index (χ4n) is 3.57. The van der Waals surface area contributed by atoms with E-state index in [-0.39, 0.29) is 30.6 Å². The Morgan fingerprint density at radius 1 is 1.03 bits per heavy atom. The van der Waals surface area contributed by atoms with E-state index in [2.05, 4.69) is 5.32 Å². The number of benzene rings is 3. The van der Waals surface area contributed by atoms with Crippen LogP contribution in [0.2, 0.25) is 0 Å². The molecule has 0 bridgehead atoms.